The molecule has 28 heavy (non-hydrogen) atoms. The van der Waals surface area contributed by atoms with Gasteiger partial charge in [-0.05, 0) is 39.0 Å². The molecular formula is C21H24N2O4S. The second kappa shape index (κ2) is 8.65. The van der Waals surface area contributed by atoms with Crippen molar-refractivity contribution in [2.75, 3.05) is 25.4 Å². The van der Waals surface area contributed by atoms with E-state index in [1.54, 1.807) is 4.90 Å². The van der Waals surface area contributed by atoms with Crippen LogP contribution >= 0.6 is 11.8 Å². The van der Waals surface area contributed by atoms with E-state index >= 15 is 0 Å². The molecule has 0 atom stereocenters. The third-order valence-electron chi connectivity index (χ3n) is 4.82. The van der Waals surface area contributed by atoms with Crippen LogP contribution in [0.2, 0.25) is 0 Å². The Hall–Kier alpha value is -2.54. The van der Waals surface area contributed by atoms with Gasteiger partial charge in [0.15, 0.2) is 6.61 Å². The zero-order valence-corrected chi connectivity index (χ0v) is 17.2. The van der Waals surface area contributed by atoms with E-state index in [2.05, 4.69) is 0 Å². The fraction of sp³-hybridized carbons (Fsp3) is 0.381. The number of aryl methyl sites for hydroxylation is 2. The highest BCUT2D eigenvalue weighted by Gasteiger charge is 2.22. The molecule has 6 nitrogen and oxygen atoms in total. The van der Waals surface area contributed by atoms with Gasteiger partial charge in [0.1, 0.15) is 0 Å². The van der Waals surface area contributed by atoms with Crippen LogP contribution < -0.4 is 0 Å². The summed E-state index contributed by atoms with van der Waals surface area (Å²) in [5.74, 6) is 0.0567. The number of thioether (sulfide) groups is 1. The maximum absolute atomic E-state index is 12.6. The van der Waals surface area contributed by atoms with E-state index in [1.807, 2.05) is 55.7 Å². The minimum Gasteiger partial charge on any atom is -0.457 e. The Labute approximate surface area is 168 Å². The zero-order valence-electron chi connectivity index (χ0n) is 16.4. The summed E-state index contributed by atoms with van der Waals surface area (Å²) in [5, 5.41) is -0.00702. The van der Waals surface area contributed by atoms with Gasteiger partial charge in [-0.1, -0.05) is 29.5 Å². The number of esters is 1. The molecule has 1 amide bonds. The summed E-state index contributed by atoms with van der Waals surface area (Å²) in [4.78, 5) is 37.7. The summed E-state index contributed by atoms with van der Waals surface area (Å²) >= 11 is 1.26. The quantitative estimate of drug-likeness (QED) is 0.524. The number of aromatic nitrogens is 1. The summed E-state index contributed by atoms with van der Waals surface area (Å²) in [5.41, 5.74) is 4.48. The maximum Gasteiger partial charge on any atom is 0.308 e. The number of nitrogens with zero attached hydrogens (tertiary/aromatic N) is 2. The molecule has 0 aliphatic carbocycles. The Morgan fingerprint density at radius 2 is 1.86 bits per heavy atom. The number of hydrogen-bond donors (Lipinski definition) is 0. The standard InChI is InChI=1S/C21H24N2O4S/c1-14-4-6-17(7-5-14)23-15(2)12-18(16(23)3)19(24)13-27-20(25)8-9-22-10-11-28-21(22)26/h4-7,12H,8-11,13H2,1-3H3. The summed E-state index contributed by atoms with van der Waals surface area (Å²) in [7, 11) is 0. The molecule has 1 fully saturated rings. The van der Waals surface area contributed by atoms with Crippen molar-refractivity contribution < 1.29 is 19.1 Å². The topological polar surface area (TPSA) is 68.6 Å². The Morgan fingerprint density at radius 1 is 1.14 bits per heavy atom. The largest absolute Gasteiger partial charge is 0.457 e. The first-order valence-electron chi connectivity index (χ1n) is 9.23. The van der Waals surface area contributed by atoms with Crippen molar-refractivity contribution in [2.45, 2.75) is 27.2 Å². The molecule has 2 aromatic rings. The van der Waals surface area contributed by atoms with Gasteiger partial charge in [0, 0.05) is 41.5 Å². The molecule has 0 saturated carbocycles. The lowest BCUT2D eigenvalue weighted by molar-refractivity contribution is -0.142. The summed E-state index contributed by atoms with van der Waals surface area (Å²) < 4.78 is 7.16. The number of carbonyl (C=O) groups is 3. The lowest BCUT2D eigenvalue weighted by Crippen LogP contribution is -2.27. The first-order chi connectivity index (χ1) is 13.4. The molecule has 0 radical (unpaired) electrons. The van der Waals surface area contributed by atoms with Gasteiger partial charge in [-0.2, -0.15) is 0 Å². The highest BCUT2D eigenvalue weighted by Crippen LogP contribution is 2.22. The molecule has 1 aliphatic heterocycles. The van der Waals surface area contributed by atoms with Crippen LogP contribution in [0.15, 0.2) is 30.3 Å². The van der Waals surface area contributed by atoms with Gasteiger partial charge in [-0.3, -0.25) is 14.4 Å². The molecule has 7 heteroatoms. The third kappa shape index (κ3) is 4.47. The van der Waals surface area contributed by atoms with E-state index in [4.69, 9.17) is 4.74 Å². The number of benzene rings is 1. The minimum absolute atomic E-state index is 0.00702. The molecule has 1 aliphatic rings. The van der Waals surface area contributed by atoms with Crippen LogP contribution in [-0.4, -0.2) is 51.9 Å². The van der Waals surface area contributed by atoms with Crippen LogP contribution in [0.1, 0.15) is 33.7 Å². The number of rotatable bonds is 7. The number of carbonyl (C=O) groups excluding carboxylic acids is 3. The fourth-order valence-corrected chi connectivity index (χ4v) is 4.14. The van der Waals surface area contributed by atoms with Crippen molar-refractivity contribution in [3.63, 3.8) is 0 Å². The summed E-state index contributed by atoms with van der Waals surface area (Å²) in [6.07, 6.45) is 0.0992. The molecule has 0 unspecified atom stereocenters. The summed E-state index contributed by atoms with van der Waals surface area (Å²) in [6.45, 7) is 6.56. The Balaban J connectivity index is 1.60. The number of amides is 1. The molecule has 0 N–H and O–H groups in total. The van der Waals surface area contributed by atoms with E-state index in [0.717, 1.165) is 22.8 Å². The van der Waals surface area contributed by atoms with Crippen molar-refractivity contribution in [3.8, 4) is 5.69 Å². The highest BCUT2D eigenvalue weighted by atomic mass is 32.2. The Morgan fingerprint density at radius 3 is 2.50 bits per heavy atom. The molecular weight excluding hydrogens is 376 g/mol. The summed E-state index contributed by atoms with van der Waals surface area (Å²) in [6, 6.07) is 9.91. The SMILES string of the molecule is Cc1ccc(-n2c(C)cc(C(=O)COC(=O)CCN3CCSC3=O)c2C)cc1. The number of ketones is 1. The van der Waals surface area contributed by atoms with Gasteiger partial charge in [0.05, 0.1) is 6.42 Å². The first kappa shape index (κ1) is 20.2. The predicted molar refractivity (Wildman–Crippen MR) is 109 cm³/mol. The van der Waals surface area contributed by atoms with Crippen molar-refractivity contribution in [1.29, 1.82) is 0 Å². The van der Waals surface area contributed by atoms with Crippen molar-refractivity contribution in [1.82, 2.24) is 9.47 Å². The second-order valence-electron chi connectivity index (χ2n) is 6.89. The third-order valence-corrected chi connectivity index (χ3v) is 5.71. The van der Waals surface area contributed by atoms with E-state index in [-0.39, 0.29) is 24.1 Å². The van der Waals surface area contributed by atoms with Gasteiger partial charge in [-0.15, -0.1) is 0 Å². The van der Waals surface area contributed by atoms with Crippen LogP contribution in [0, 0.1) is 20.8 Å². The Kier molecular flexibility index (Phi) is 6.24. The fourth-order valence-electron chi connectivity index (χ4n) is 3.29. The van der Waals surface area contributed by atoms with Gasteiger partial charge in [0.2, 0.25) is 5.78 Å². The van der Waals surface area contributed by atoms with Gasteiger partial charge in [0.25, 0.3) is 5.24 Å². The van der Waals surface area contributed by atoms with Crippen LogP contribution in [0.4, 0.5) is 4.79 Å². The van der Waals surface area contributed by atoms with Crippen LogP contribution in [0.5, 0.6) is 0 Å². The molecule has 0 bridgehead atoms. The maximum atomic E-state index is 12.6. The average molecular weight is 401 g/mol. The molecule has 148 valence electrons. The average Bonchev–Trinajstić information content (AvgIpc) is 3.21. The minimum atomic E-state index is -0.467. The molecule has 2 heterocycles. The second-order valence-corrected chi connectivity index (χ2v) is 7.94. The lowest BCUT2D eigenvalue weighted by atomic mass is 10.1. The van der Waals surface area contributed by atoms with Gasteiger partial charge in [-0.25, -0.2) is 0 Å². The van der Waals surface area contributed by atoms with E-state index < -0.39 is 5.97 Å². The molecule has 3 rings (SSSR count). The van der Waals surface area contributed by atoms with Crippen LogP contribution in [0.25, 0.3) is 5.69 Å². The van der Waals surface area contributed by atoms with Crippen LogP contribution in [0.3, 0.4) is 0 Å². The Bertz CT molecular complexity index is 902. The van der Waals surface area contributed by atoms with Crippen molar-refractivity contribution >= 4 is 28.8 Å². The molecule has 1 saturated heterocycles. The molecule has 0 spiro atoms. The zero-order chi connectivity index (χ0) is 20.3. The first-order valence-corrected chi connectivity index (χ1v) is 10.2. The van der Waals surface area contributed by atoms with Gasteiger partial charge < -0.3 is 14.2 Å². The molecule has 1 aromatic heterocycles. The normalized spacial score (nSPS) is 13.8. The van der Waals surface area contributed by atoms with E-state index in [1.165, 1.54) is 17.3 Å². The monoisotopic (exact) mass is 400 g/mol. The highest BCUT2D eigenvalue weighted by molar-refractivity contribution is 8.13. The van der Waals surface area contributed by atoms with Crippen molar-refractivity contribution in [3.05, 3.63) is 52.8 Å². The molecule has 1 aromatic carbocycles. The lowest BCUT2D eigenvalue weighted by Gasteiger charge is -2.13. The van der Waals surface area contributed by atoms with E-state index in [9.17, 15) is 14.4 Å². The predicted octanol–water partition coefficient (Wildman–Crippen LogP) is 3.69. The number of Topliss-reactive ketones (excluding diaryl/α,β-unsaturated/α-hetero) is 1. The number of hydrogen-bond acceptors (Lipinski definition) is 5. The van der Waals surface area contributed by atoms with E-state index in [0.29, 0.717) is 18.7 Å². The van der Waals surface area contributed by atoms with Crippen molar-refractivity contribution in [2.24, 2.45) is 0 Å². The van der Waals surface area contributed by atoms with Crippen LogP contribution in [-0.2, 0) is 9.53 Å². The van der Waals surface area contributed by atoms with Gasteiger partial charge >= 0.3 is 5.97 Å². The number of ether oxygens (including phenoxy) is 1. The smallest absolute Gasteiger partial charge is 0.308 e.